The highest BCUT2D eigenvalue weighted by Gasteiger charge is 2.72. The first-order valence-corrected chi connectivity index (χ1v) is 14.4. The summed E-state index contributed by atoms with van der Waals surface area (Å²) in [5.41, 5.74) is 2.12. The lowest BCUT2D eigenvalue weighted by Crippen LogP contribution is -2.68. The predicted molar refractivity (Wildman–Crippen MR) is 149 cm³/mol. The molecule has 4 fully saturated rings. The van der Waals surface area contributed by atoms with Crippen LogP contribution >= 0.6 is 0 Å². The third kappa shape index (κ3) is 3.43. The monoisotopic (exact) mass is 542 g/mol. The minimum absolute atomic E-state index is 0.0349. The van der Waals surface area contributed by atoms with E-state index in [4.69, 9.17) is 18.9 Å². The van der Waals surface area contributed by atoms with Gasteiger partial charge < -0.3 is 24.1 Å². The smallest absolute Gasteiger partial charge is 0.185 e. The zero-order valence-electron chi connectivity index (χ0n) is 23.6. The molecule has 210 valence electrons. The van der Waals surface area contributed by atoms with Gasteiger partial charge in [-0.3, -0.25) is 4.79 Å². The summed E-state index contributed by atoms with van der Waals surface area (Å²) in [4.78, 5) is 13.9. The number of aliphatic hydroxyl groups is 1. The molecule has 9 atom stereocenters. The van der Waals surface area contributed by atoms with Gasteiger partial charge in [0.2, 0.25) is 0 Å². The molecular formula is C34H38O6. The van der Waals surface area contributed by atoms with Gasteiger partial charge in [-0.1, -0.05) is 88.0 Å². The predicted octanol–water partition coefficient (Wildman–Crippen LogP) is 5.98. The molecule has 3 aliphatic carbocycles. The van der Waals surface area contributed by atoms with E-state index in [-0.39, 0.29) is 24.2 Å². The molecule has 2 saturated heterocycles. The zero-order chi connectivity index (χ0) is 28.0. The number of benzene rings is 2. The van der Waals surface area contributed by atoms with Crippen molar-refractivity contribution in [2.24, 2.45) is 16.7 Å². The van der Waals surface area contributed by atoms with Crippen molar-refractivity contribution in [1.29, 1.82) is 0 Å². The van der Waals surface area contributed by atoms with Gasteiger partial charge in [-0.25, -0.2) is 0 Å². The molecule has 40 heavy (non-hydrogen) atoms. The van der Waals surface area contributed by atoms with Crippen LogP contribution in [0.2, 0.25) is 0 Å². The number of carbonyl (C=O) groups is 1. The molecule has 2 aromatic carbocycles. The molecule has 1 spiro atoms. The Bertz CT molecular complexity index is 1380. The summed E-state index contributed by atoms with van der Waals surface area (Å²) in [6.45, 7) is 12.9. The van der Waals surface area contributed by atoms with Gasteiger partial charge >= 0.3 is 0 Å². The fourth-order valence-corrected chi connectivity index (χ4v) is 8.49. The lowest BCUT2D eigenvalue weighted by Gasteiger charge is -2.60. The standard InChI is InChI=1S/C34H38O6/c1-19-23(35)16-17-33(5)26(19)28-34(40-31(38-28)22-14-10-7-11-15-22)18-24(36)20(2)25(32(34,3)4)27-29(33)39-30(37-27)21-12-8-6-9-13-21/h6-15,23,26-31,35H,1,16-18H2,2-5H3/t23-,26-,27+,28-,29-,30-,31-,33+,34+/m0/s1. The van der Waals surface area contributed by atoms with Gasteiger partial charge in [0.05, 0.1) is 18.3 Å². The molecule has 0 aromatic heterocycles. The van der Waals surface area contributed by atoms with E-state index in [1.54, 1.807) is 0 Å². The summed E-state index contributed by atoms with van der Waals surface area (Å²) in [5.74, 6) is -0.282. The third-order valence-corrected chi connectivity index (χ3v) is 10.7. The summed E-state index contributed by atoms with van der Waals surface area (Å²) in [5, 5.41) is 11.2. The maximum atomic E-state index is 13.9. The molecule has 2 heterocycles. The minimum Gasteiger partial charge on any atom is -0.389 e. The Morgan fingerprint density at radius 2 is 1.48 bits per heavy atom. The van der Waals surface area contributed by atoms with E-state index in [9.17, 15) is 9.90 Å². The highest BCUT2D eigenvalue weighted by atomic mass is 16.7. The van der Waals surface area contributed by atoms with Crippen LogP contribution in [0.1, 0.15) is 70.7 Å². The number of carbonyl (C=O) groups excluding carboxylic acids is 1. The minimum atomic E-state index is -0.982. The summed E-state index contributed by atoms with van der Waals surface area (Å²) >= 11 is 0. The number of allylic oxidation sites excluding steroid dienone is 1. The molecule has 7 rings (SSSR count). The summed E-state index contributed by atoms with van der Waals surface area (Å²) in [6, 6.07) is 19.9. The quantitative estimate of drug-likeness (QED) is 0.471. The number of hydrogen-bond acceptors (Lipinski definition) is 6. The van der Waals surface area contributed by atoms with Crippen LogP contribution < -0.4 is 0 Å². The molecule has 0 unspecified atom stereocenters. The van der Waals surface area contributed by atoms with Gasteiger partial charge in [0.25, 0.3) is 0 Å². The van der Waals surface area contributed by atoms with Crippen molar-refractivity contribution in [2.45, 2.75) is 89.6 Å². The van der Waals surface area contributed by atoms with E-state index >= 15 is 0 Å². The largest absolute Gasteiger partial charge is 0.389 e. The molecule has 6 nitrogen and oxygen atoms in total. The van der Waals surface area contributed by atoms with E-state index < -0.39 is 47.3 Å². The zero-order valence-corrected chi connectivity index (χ0v) is 23.6. The van der Waals surface area contributed by atoms with Crippen LogP contribution in [-0.2, 0) is 23.7 Å². The molecule has 0 amide bonds. The van der Waals surface area contributed by atoms with Crippen LogP contribution in [0, 0.1) is 16.7 Å². The van der Waals surface area contributed by atoms with Crippen molar-refractivity contribution in [3.05, 3.63) is 95.1 Å². The van der Waals surface area contributed by atoms with Crippen molar-refractivity contribution in [2.75, 3.05) is 0 Å². The second-order valence-electron chi connectivity index (χ2n) is 13.0. The third-order valence-electron chi connectivity index (χ3n) is 10.7. The average Bonchev–Trinajstić information content (AvgIpc) is 3.55. The first kappa shape index (κ1) is 26.3. The first-order valence-electron chi connectivity index (χ1n) is 14.4. The van der Waals surface area contributed by atoms with Crippen LogP contribution in [0.25, 0.3) is 0 Å². The van der Waals surface area contributed by atoms with Crippen LogP contribution in [-0.4, -0.2) is 40.9 Å². The lowest BCUT2D eigenvalue weighted by atomic mass is 9.48. The molecule has 1 N–H and O–H groups in total. The number of ketones is 1. The Kier molecular flexibility index (Phi) is 5.88. The topological polar surface area (TPSA) is 74.2 Å². The Morgan fingerprint density at radius 3 is 2.12 bits per heavy atom. The fraction of sp³-hybridized carbons (Fsp3) is 0.500. The van der Waals surface area contributed by atoms with Crippen LogP contribution in [0.4, 0.5) is 0 Å². The van der Waals surface area contributed by atoms with Crippen molar-refractivity contribution in [1.82, 2.24) is 0 Å². The van der Waals surface area contributed by atoms with Crippen LogP contribution in [0.5, 0.6) is 0 Å². The van der Waals surface area contributed by atoms with E-state index in [0.29, 0.717) is 12.8 Å². The van der Waals surface area contributed by atoms with Crippen molar-refractivity contribution >= 4 is 5.78 Å². The number of fused-ring (bicyclic) bond motifs is 6. The van der Waals surface area contributed by atoms with Crippen molar-refractivity contribution < 1.29 is 28.8 Å². The molecule has 0 radical (unpaired) electrons. The Hall–Kier alpha value is -2.61. The molecule has 2 aromatic rings. The molecule has 2 bridgehead atoms. The van der Waals surface area contributed by atoms with E-state index in [0.717, 1.165) is 27.8 Å². The highest BCUT2D eigenvalue weighted by molar-refractivity contribution is 5.98. The van der Waals surface area contributed by atoms with Crippen molar-refractivity contribution in [3.8, 4) is 0 Å². The second kappa shape index (κ2) is 8.94. The maximum Gasteiger partial charge on any atom is 0.185 e. The van der Waals surface area contributed by atoms with E-state index in [2.05, 4.69) is 27.4 Å². The summed E-state index contributed by atoms with van der Waals surface area (Å²) in [6.07, 6.45) is -1.77. The number of Topliss-reactive ketones (excluding diaryl/α,β-unsaturated/α-hetero) is 1. The Balaban J connectivity index is 1.45. The lowest BCUT2D eigenvalue weighted by molar-refractivity contribution is -0.164. The second-order valence-corrected chi connectivity index (χ2v) is 13.0. The highest BCUT2D eigenvalue weighted by Crippen LogP contribution is 2.67. The SMILES string of the molecule is C=C1[C@@H](O)CC[C@@]2(C)[C@H]3O[C@@H](c4ccccc4)O[C@@H]3C3=C(C)C(=O)C[C@]4(O[C@@H](c5ccccc5)O[C@H]4[C@H]12)C3(C)C. The number of ether oxygens (including phenoxy) is 4. The average molecular weight is 543 g/mol. The molecule has 6 heteroatoms. The Morgan fingerprint density at radius 1 is 0.875 bits per heavy atom. The van der Waals surface area contributed by atoms with Gasteiger partial charge in [0.1, 0.15) is 11.7 Å². The Labute approximate surface area is 236 Å². The van der Waals surface area contributed by atoms with Crippen LogP contribution in [0.15, 0.2) is 84.0 Å². The molecule has 2 saturated carbocycles. The molecule has 2 aliphatic heterocycles. The molecule has 5 aliphatic rings. The van der Waals surface area contributed by atoms with Gasteiger partial charge in [-0.05, 0) is 36.5 Å². The van der Waals surface area contributed by atoms with Gasteiger partial charge in [0.15, 0.2) is 18.4 Å². The van der Waals surface area contributed by atoms with Gasteiger partial charge in [-0.15, -0.1) is 0 Å². The van der Waals surface area contributed by atoms with E-state index in [1.165, 1.54) is 0 Å². The van der Waals surface area contributed by atoms with Crippen LogP contribution in [0.3, 0.4) is 0 Å². The number of aliphatic hydroxyl groups excluding tert-OH is 1. The van der Waals surface area contributed by atoms with Gasteiger partial charge in [-0.2, -0.15) is 0 Å². The fourth-order valence-electron chi connectivity index (χ4n) is 8.49. The molecular weight excluding hydrogens is 504 g/mol. The van der Waals surface area contributed by atoms with E-state index in [1.807, 2.05) is 67.6 Å². The van der Waals surface area contributed by atoms with Crippen molar-refractivity contribution in [3.63, 3.8) is 0 Å². The summed E-state index contributed by atoms with van der Waals surface area (Å²) in [7, 11) is 0. The number of hydrogen-bond donors (Lipinski definition) is 1. The normalized spacial score (nSPS) is 42.1. The maximum absolute atomic E-state index is 13.9. The van der Waals surface area contributed by atoms with Gasteiger partial charge in [0, 0.05) is 34.3 Å². The summed E-state index contributed by atoms with van der Waals surface area (Å²) < 4.78 is 27.7. The first-order chi connectivity index (χ1) is 19.1. The number of rotatable bonds is 2.